The third-order valence-corrected chi connectivity index (χ3v) is 4.14. The van der Waals surface area contributed by atoms with Crippen LogP contribution in [0.4, 0.5) is 5.69 Å². The molecule has 2 nitrogen and oxygen atoms in total. The normalized spacial score (nSPS) is 22.5. The number of anilines is 1. The number of nitrogens with zero attached hydrogens (tertiary/aromatic N) is 2. The number of nitriles is 1. The van der Waals surface area contributed by atoms with Crippen molar-refractivity contribution in [3.05, 3.63) is 29.8 Å². The number of hydrogen-bond acceptors (Lipinski definition) is 2. The first kappa shape index (κ1) is 12.0. The van der Waals surface area contributed by atoms with Crippen LogP contribution in [0, 0.1) is 24.2 Å². The van der Waals surface area contributed by atoms with E-state index >= 15 is 0 Å². The molecule has 1 aliphatic heterocycles. The lowest BCUT2D eigenvalue weighted by Gasteiger charge is -2.38. The van der Waals surface area contributed by atoms with Gasteiger partial charge in [0.1, 0.15) is 0 Å². The van der Waals surface area contributed by atoms with Gasteiger partial charge in [-0.3, -0.25) is 0 Å². The minimum absolute atomic E-state index is 0.0852. The average Bonchev–Trinajstić information content (AvgIpc) is 2.57. The van der Waals surface area contributed by atoms with Gasteiger partial charge < -0.3 is 4.90 Å². The van der Waals surface area contributed by atoms with E-state index in [4.69, 9.17) is 5.26 Å². The van der Waals surface area contributed by atoms with Crippen LogP contribution in [0.15, 0.2) is 24.3 Å². The molecule has 1 unspecified atom stereocenters. The van der Waals surface area contributed by atoms with Crippen LogP contribution in [0.2, 0.25) is 0 Å². The van der Waals surface area contributed by atoms with E-state index in [-0.39, 0.29) is 5.54 Å². The standard InChI is InChI=1S/C15H20N2/c1-12-6-4-5-7-14(12)17-11-9-13(8-10-16)15(17,2)3/h4-7,13H,8-9,11H2,1-3H3. The lowest BCUT2D eigenvalue weighted by atomic mass is 9.86. The molecule has 17 heavy (non-hydrogen) atoms. The number of para-hydroxylation sites is 1. The van der Waals surface area contributed by atoms with Gasteiger partial charge in [0.2, 0.25) is 0 Å². The Kier molecular flexibility index (Phi) is 3.11. The van der Waals surface area contributed by atoms with Gasteiger partial charge in [0.15, 0.2) is 0 Å². The molecule has 0 radical (unpaired) electrons. The fourth-order valence-corrected chi connectivity index (χ4v) is 2.91. The summed E-state index contributed by atoms with van der Waals surface area (Å²) in [7, 11) is 0. The molecule has 2 heteroatoms. The molecule has 0 amide bonds. The van der Waals surface area contributed by atoms with Gasteiger partial charge in [0.25, 0.3) is 0 Å². The van der Waals surface area contributed by atoms with Crippen LogP contribution in [0.5, 0.6) is 0 Å². The van der Waals surface area contributed by atoms with Crippen LogP contribution < -0.4 is 4.90 Å². The van der Waals surface area contributed by atoms with E-state index in [0.29, 0.717) is 12.3 Å². The predicted octanol–water partition coefficient (Wildman–Crippen LogP) is 3.51. The first-order chi connectivity index (χ1) is 8.07. The minimum atomic E-state index is 0.0852. The lowest BCUT2D eigenvalue weighted by Crippen LogP contribution is -2.42. The van der Waals surface area contributed by atoms with Gasteiger partial charge in [0.05, 0.1) is 6.07 Å². The van der Waals surface area contributed by atoms with E-state index in [0.717, 1.165) is 13.0 Å². The van der Waals surface area contributed by atoms with Crippen LogP contribution in [0.1, 0.15) is 32.3 Å². The summed E-state index contributed by atoms with van der Waals surface area (Å²) in [4.78, 5) is 2.46. The third kappa shape index (κ3) is 2.02. The Morgan fingerprint density at radius 2 is 2.12 bits per heavy atom. The van der Waals surface area contributed by atoms with Crippen molar-refractivity contribution in [3.63, 3.8) is 0 Å². The molecule has 0 saturated carbocycles. The average molecular weight is 228 g/mol. The summed E-state index contributed by atoms with van der Waals surface area (Å²) in [6.07, 6.45) is 1.78. The van der Waals surface area contributed by atoms with Crippen molar-refractivity contribution < 1.29 is 0 Å². The summed E-state index contributed by atoms with van der Waals surface area (Å²) in [6, 6.07) is 10.8. The summed E-state index contributed by atoms with van der Waals surface area (Å²) >= 11 is 0. The molecule has 1 atom stereocenters. The zero-order chi connectivity index (χ0) is 12.5. The van der Waals surface area contributed by atoms with E-state index in [2.05, 4.69) is 56.0 Å². The Balaban J connectivity index is 2.30. The number of aryl methyl sites for hydroxylation is 1. The maximum Gasteiger partial charge on any atom is 0.0625 e. The first-order valence-corrected chi connectivity index (χ1v) is 6.27. The molecule has 0 bridgehead atoms. The van der Waals surface area contributed by atoms with E-state index in [1.54, 1.807) is 0 Å². The van der Waals surface area contributed by atoms with E-state index in [9.17, 15) is 0 Å². The lowest BCUT2D eigenvalue weighted by molar-refractivity contribution is 0.371. The molecule has 90 valence electrons. The second kappa shape index (κ2) is 4.41. The number of rotatable bonds is 2. The molecule has 1 aromatic rings. The van der Waals surface area contributed by atoms with Crippen molar-refractivity contribution in [2.45, 2.75) is 39.2 Å². The van der Waals surface area contributed by atoms with Crippen LogP contribution >= 0.6 is 0 Å². The van der Waals surface area contributed by atoms with Crippen molar-refractivity contribution in [3.8, 4) is 6.07 Å². The Morgan fingerprint density at radius 3 is 2.76 bits per heavy atom. The van der Waals surface area contributed by atoms with Crippen molar-refractivity contribution >= 4 is 5.69 Å². The smallest absolute Gasteiger partial charge is 0.0625 e. The van der Waals surface area contributed by atoms with Crippen LogP contribution in [-0.4, -0.2) is 12.1 Å². The highest BCUT2D eigenvalue weighted by Gasteiger charge is 2.41. The van der Waals surface area contributed by atoms with Crippen molar-refractivity contribution in [1.82, 2.24) is 0 Å². The van der Waals surface area contributed by atoms with Gasteiger partial charge >= 0.3 is 0 Å². The van der Waals surface area contributed by atoms with Gasteiger partial charge in [-0.05, 0) is 44.7 Å². The summed E-state index contributed by atoms with van der Waals surface area (Å²) in [6.45, 7) is 7.73. The Hall–Kier alpha value is -1.49. The Bertz CT molecular complexity index is 442. The fraction of sp³-hybridized carbons (Fsp3) is 0.533. The van der Waals surface area contributed by atoms with Crippen LogP contribution in [-0.2, 0) is 0 Å². The highest BCUT2D eigenvalue weighted by Crippen LogP contribution is 2.40. The summed E-state index contributed by atoms with van der Waals surface area (Å²) < 4.78 is 0. The van der Waals surface area contributed by atoms with E-state index in [1.165, 1.54) is 11.3 Å². The molecule has 1 aliphatic rings. The van der Waals surface area contributed by atoms with Crippen molar-refractivity contribution in [2.24, 2.45) is 5.92 Å². The number of benzene rings is 1. The molecule has 0 N–H and O–H groups in total. The molecule has 0 aromatic heterocycles. The molecular weight excluding hydrogens is 208 g/mol. The largest absolute Gasteiger partial charge is 0.366 e. The summed E-state index contributed by atoms with van der Waals surface area (Å²) in [5.74, 6) is 0.479. The second-order valence-electron chi connectivity index (χ2n) is 5.44. The first-order valence-electron chi connectivity index (χ1n) is 6.27. The topological polar surface area (TPSA) is 27.0 Å². The molecule has 1 heterocycles. The third-order valence-electron chi connectivity index (χ3n) is 4.14. The zero-order valence-electron chi connectivity index (χ0n) is 10.9. The minimum Gasteiger partial charge on any atom is -0.366 e. The van der Waals surface area contributed by atoms with Crippen molar-refractivity contribution in [2.75, 3.05) is 11.4 Å². The van der Waals surface area contributed by atoms with Crippen LogP contribution in [0.3, 0.4) is 0 Å². The maximum atomic E-state index is 8.90. The second-order valence-corrected chi connectivity index (χ2v) is 5.44. The molecule has 2 rings (SSSR count). The van der Waals surface area contributed by atoms with Gasteiger partial charge in [-0.25, -0.2) is 0 Å². The molecule has 1 saturated heterocycles. The molecule has 0 aliphatic carbocycles. The Labute approximate surface area is 104 Å². The van der Waals surface area contributed by atoms with Gasteiger partial charge in [-0.2, -0.15) is 5.26 Å². The van der Waals surface area contributed by atoms with Gasteiger partial charge in [-0.1, -0.05) is 18.2 Å². The predicted molar refractivity (Wildman–Crippen MR) is 70.9 cm³/mol. The van der Waals surface area contributed by atoms with Crippen molar-refractivity contribution in [1.29, 1.82) is 5.26 Å². The van der Waals surface area contributed by atoms with E-state index in [1.807, 2.05) is 0 Å². The maximum absolute atomic E-state index is 8.90. The molecule has 0 spiro atoms. The quantitative estimate of drug-likeness (QED) is 0.774. The molecule has 1 fully saturated rings. The fourth-order valence-electron chi connectivity index (χ4n) is 2.91. The van der Waals surface area contributed by atoms with Gasteiger partial charge in [-0.15, -0.1) is 0 Å². The molecule has 1 aromatic carbocycles. The van der Waals surface area contributed by atoms with Gasteiger partial charge in [0, 0.05) is 24.2 Å². The summed E-state index contributed by atoms with van der Waals surface area (Å²) in [5, 5.41) is 8.90. The monoisotopic (exact) mass is 228 g/mol. The van der Waals surface area contributed by atoms with E-state index < -0.39 is 0 Å². The molecular formula is C15H20N2. The Morgan fingerprint density at radius 1 is 1.41 bits per heavy atom. The number of hydrogen-bond donors (Lipinski definition) is 0. The highest BCUT2D eigenvalue weighted by molar-refractivity contribution is 5.56. The summed E-state index contributed by atoms with van der Waals surface area (Å²) in [5.41, 5.74) is 2.72. The highest BCUT2D eigenvalue weighted by atomic mass is 15.2. The SMILES string of the molecule is Cc1ccccc1N1CCC(CC#N)C1(C)C. The van der Waals surface area contributed by atoms with Crippen LogP contribution in [0.25, 0.3) is 0 Å². The zero-order valence-corrected chi connectivity index (χ0v) is 10.9.